The summed E-state index contributed by atoms with van der Waals surface area (Å²) in [5, 5.41) is 2.82. The van der Waals surface area contributed by atoms with Crippen molar-refractivity contribution in [2.45, 2.75) is 25.2 Å². The van der Waals surface area contributed by atoms with Gasteiger partial charge < -0.3 is 5.32 Å². The molecule has 8 nitrogen and oxygen atoms in total. The Labute approximate surface area is 210 Å². The first kappa shape index (κ1) is 25.0. The predicted molar refractivity (Wildman–Crippen MR) is 141 cm³/mol. The first-order valence-corrected chi connectivity index (χ1v) is 13.0. The Morgan fingerprint density at radius 3 is 2.14 bits per heavy atom. The van der Waals surface area contributed by atoms with E-state index in [1.807, 2.05) is 25.1 Å². The summed E-state index contributed by atoms with van der Waals surface area (Å²) in [5.41, 5.74) is 1.90. The van der Waals surface area contributed by atoms with Crippen molar-refractivity contribution in [3.8, 4) is 5.69 Å². The van der Waals surface area contributed by atoms with Crippen molar-refractivity contribution < 1.29 is 13.2 Å². The summed E-state index contributed by atoms with van der Waals surface area (Å²) in [4.78, 5) is 26.9. The average Bonchev–Trinajstić information content (AvgIpc) is 3.11. The second-order valence-corrected chi connectivity index (χ2v) is 10.2. The zero-order chi connectivity index (χ0) is 25.9. The molecule has 1 amide bonds. The largest absolute Gasteiger partial charge is 0.324 e. The number of carbonyl (C=O) groups excluding carboxylic acids is 1. The van der Waals surface area contributed by atoms with E-state index in [1.54, 1.807) is 73.3 Å². The van der Waals surface area contributed by atoms with Gasteiger partial charge in [-0.15, -0.1) is 0 Å². The lowest BCUT2D eigenvalue weighted by atomic mass is 10.1. The van der Waals surface area contributed by atoms with Gasteiger partial charge in [-0.1, -0.05) is 61.5 Å². The number of hydrogen-bond donors (Lipinski definition) is 1. The molecule has 0 aliphatic heterocycles. The number of sulfonamides is 1. The van der Waals surface area contributed by atoms with Crippen molar-refractivity contribution in [1.82, 2.24) is 9.36 Å². The van der Waals surface area contributed by atoms with Crippen LogP contribution in [0.2, 0.25) is 0 Å². The molecule has 3 aromatic carbocycles. The van der Waals surface area contributed by atoms with E-state index in [9.17, 15) is 18.0 Å². The zero-order valence-corrected chi connectivity index (χ0v) is 21.2. The highest BCUT2D eigenvalue weighted by Gasteiger charge is 2.33. The molecule has 0 saturated carbocycles. The molecule has 0 fully saturated rings. The molecule has 0 aliphatic carbocycles. The summed E-state index contributed by atoms with van der Waals surface area (Å²) < 4.78 is 31.5. The Morgan fingerprint density at radius 1 is 0.917 bits per heavy atom. The van der Waals surface area contributed by atoms with Gasteiger partial charge in [0.25, 0.3) is 15.6 Å². The Kier molecular flexibility index (Phi) is 7.12. The van der Waals surface area contributed by atoms with Crippen molar-refractivity contribution in [2.75, 3.05) is 16.2 Å². The van der Waals surface area contributed by atoms with Gasteiger partial charge in [-0.3, -0.25) is 14.3 Å². The molecular formula is C27H28N4O4S. The van der Waals surface area contributed by atoms with Crippen molar-refractivity contribution in [1.29, 1.82) is 0 Å². The third-order valence-electron chi connectivity index (χ3n) is 6.06. The van der Waals surface area contributed by atoms with Gasteiger partial charge in [0.15, 0.2) is 0 Å². The zero-order valence-electron chi connectivity index (χ0n) is 20.4. The second-order valence-electron chi connectivity index (χ2n) is 8.29. The molecule has 1 N–H and O–H groups in total. The third-order valence-corrected chi connectivity index (χ3v) is 7.82. The number of amides is 1. The minimum absolute atomic E-state index is 0.0133. The molecule has 0 radical (unpaired) electrons. The van der Waals surface area contributed by atoms with Gasteiger partial charge in [-0.2, -0.15) is 0 Å². The smallest absolute Gasteiger partial charge is 0.296 e. The first-order chi connectivity index (χ1) is 17.3. The molecule has 4 rings (SSSR count). The van der Waals surface area contributed by atoms with Gasteiger partial charge in [0.2, 0.25) is 5.91 Å². The summed E-state index contributed by atoms with van der Waals surface area (Å²) in [5.74, 6) is -0.552. The van der Waals surface area contributed by atoms with E-state index in [0.717, 1.165) is 9.87 Å². The van der Waals surface area contributed by atoms with Crippen LogP contribution < -0.4 is 15.2 Å². The maximum absolute atomic E-state index is 13.8. The van der Waals surface area contributed by atoms with Gasteiger partial charge in [0.1, 0.15) is 12.2 Å². The Morgan fingerprint density at radius 2 is 1.50 bits per heavy atom. The van der Waals surface area contributed by atoms with Crippen LogP contribution in [0.3, 0.4) is 0 Å². The Hall–Kier alpha value is -4.11. The van der Waals surface area contributed by atoms with E-state index in [1.165, 1.54) is 16.8 Å². The minimum atomic E-state index is -4.24. The van der Waals surface area contributed by atoms with Gasteiger partial charge >= 0.3 is 0 Å². The van der Waals surface area contributed by atoms with Crippen LogP contribution >= 0.6 is 0 Å². The third kappa shape index (κ3) is 4.70. The van der Waals surface area contributed by atoms with E-state index in [-0.39, 0.29) is 10.6 Å². The first-order valence-electron chi connectivity index (χ1n) is 11.5. The summed E-state index contributed by atoms with van der Waals surface area (Å²) in [7, 11) is -2.56. The predicted octanol–water partition coefficient (Wildman–Crippen LogP) is 3.88. The number of anilines is 2. The molecular weight excluding hydrogens is 476 g/mol. The Balaban J connectivity index is 1.83. The standard InChI is InChI=1S/C27H28N4O4S/c1-4-21-13-11-12-18-24(21)28-25(32)19-30(36(34,35)23-16-9-6-10-17-23)26-20(2)29(3)31(27(26)33)22-14-7-5-8-15-22/h5-18H,4,19H2,1-3H3,(H,28,32). The topological polar surface area (TPSA) is 93.4 Å². The fourth-order valence-electron chi connectivity index (χ4n) is 4.12. The number of aromatic nitrogens is 2. The van der Waals surface area contributed by atoms with E-state index in [2.05, 4.69) is 5.32 Å². The van der Waals surface area contributed by atoms with E-state index in [4.69, 9.17) is 0 Å². The summed E-state index contributed by atoms with van der Waals surface area (Å²) in [6, 6.07) is 24.1. The van der Waals surface area contributed by atoms with E-state index in [0.29, 0.717) is 23.5 Å². The SMILES string of the molecule is CCc1ccccc1NC(=O)CN(c1c(C)n(C)n(-c2ccccc2)c1=O)S(=O)(=O)c1ccccc1. The quantitative estimate of drug-likeness (QED) is 0.394. The highest BCUT2D eigenvalue weighted by Crippen LogP contribution is 2.26. The maximum atomic E-state index is 13.8. The van der Waals surface area contributed by atoms with Crippen molar-refractivity contribution in [3.63, 3.8) is 0 Å². The number of aryl methyl sites for hydroxylation is 1. The van der Waals surface area contributed by atoms with E-state index < -0.39 is 28.0 Å². The molecule has 0 spiro atoms. The lowest BCUT2D eigenvalue weighted by molar-refractivity contribution is -0.114. The van der Waals surface area contributed by atoms with Crippen LogP contribution in [0.15, 0.2) is 94.6 Å². The van der Waals surface area contributed by atoms with E-state index >= 15 is 0 Å². The van der Waals surface area contributed by atoms with Crippen LogP contribution in [-0.4, -0.2) is 30.2 Å². The number of carbonyl (C=O) groups is 1. The highest BCUT2D eigenvalue weighted by atomic mass is 32.2. The molecule has 9 heteroatoms. The number of rotatable bonds is 8. The average molecular weight is 505 g/mol. The number of para-hydroxylation sites is 2. The highest BCUT2D eigenvalue weighted by molar-refractivity contribution is 7.92. The molecule has 186 valence electrons. The van der Waals surface area contributed by atoms with Gasteiger partial charge in [-0.05, 0) is 49.2 Å². The molecule has 0 saturated heterocycles. The fourth-order valence-corrected chi connectivity index (χ4v) is 5.61. The normalized spacial score (nSPS) is 11.3. The van der Waals surface area contributed by atoms with Crippen molar-refractivity contribution in [2.24, 2.45) is 7.05 Å². The van der Waals surface area contributed by atoms with Gasteiger partial charge in [-0.25, -0.2) is 17.4 Å². The monoisotopic (exact) mass is 504 g/mol. The Bertz CT molecular complexity index is 1540. The molecule has 36 heavy (non-hydrogen) atoms. The van der Waals surface area contributed by atoms with Crippen LogP contribution in [0.25, 0.3) is 5.69 Å². The number of nitrogens with zero attached hydrogens (tertiary/aromatic N) is 3. The summed E-state index contributed by atoms with van der Waals surface area (Å²) >= 11 is 0. The van der Waals surface area contributed by atoms with Crippen LogP contribution in [-0.2, 0) is 28.3 Å². The second kappa shape index (κ2) is 10.2. The van der Waals surface area contributed by atoms with Crippen LogP contribution in [0, 0.1) is 6.92 Å². The number of nitrogens with one attached hydrogen (secondary N) is 1. The van der Waals surface area contributed by atoms with Crippen LogP contribution in [0.1, 0.15) is 18.2 Å². The van der Waals surface area contributed by atoms with Crippen LogP contribution in [0.4, 0.5) is 11.4 Å². The molecule has 0 unspecified atom stereocenters. The number of benzene rings is 3. The fraction of sp³-hybridized carbons (Fsp3) is 0.185. The molecule has 0 atom stereocenters. The lowest BCUT2D eigenvalue weighted by Gasteiger charge is -2.23. The van der Waals surface area contributed by atoms with Gasteiger partial charge in [0, 0.05) is 12.7 Å². The van der Waals surface area contributed by atoms with Crippen molar-refractivity contribution in [3.05, 3.63) is 107 Å². The molecule has 0 aliphatic rings. The molecule has 1 heterocycles. The molecule has 1 aromatic heterocycles. The summed E-state index contributed by atoms with van der Waals surface area (Å²) in [6.07, 6.45) is 0.696. The molecule has 0 bridgehead atoms. The number of hydrogen-bond acceptors (Lipinski definition) is 4. The van der Waals surface area contributed by atoms with Crippen molar-refractivity contribution >= 4 is 27.3 Å². The lowest BCUT2D eigenvalue weighted by Crippen LogP contribution is -2.41. The maximum Gasteiger partial charge on any atom is 0.296 e. The van der Waals surface area contributed by atoms with Crippen LogP contribution in [0.5, 0.6) is 0 Å². The minimum Gasteiger partial charge on any atom is -0.324 e. The van der Waals surface area contributed by atoms with Gasteiger partial charge in [0.05, 0.1) is 16.3 Å². The summed E-state index contributed by atoms with van der Waals surface area (Å²) in [6.45, 7) is 3.06. The molecule has 4 aromatic rings.